The molecule has 0 radical (unpaired) electrons. The van der Waals surface area contributed by atoms with Gasteiger partial charge in [-0.15, -0.1) is 5.10 Å². The Balaban J connectivity index is 1.51. The SMILES string of the molecule is O=C(CSc1nnnn1C1CC1)N1CCC(CO)C1. The predicted octanol–water partition coefficient (Wildman–Crippen LogP) is -0.0591. The van der Waals surface area contributed by atoms with Crippen LogP contribution in [-0.2, 0) is 4.79 Å². The summed E-state index contributed by atoms with van der Waals surface area (Å²) in [6.07, 6.45) is 3.14. The Kier molecular flexibility index (Phi) is 3.69. The molecule has 2 heterocycles. The minimum atomic E-state index is 0.103. The first-order valence-electron chi connectivity index (χ1n) is 6.57. The van der Waals surface area contributed by atoms with Crippen molar-refractivity contribution in [3.8, 4) is 0 Å². The van der Waals surface area contributed by atoms with E-state index in [1.54, 1.807) is 0 Å². The van der Waals surface area contributed by atoms with Crippen molar-refractivity contribution in [1.82, 2.24) is 25.1 Å². The highest BCUT2D eigenvalue weighted by molar-refractivity contribution is 7.99. The fourth-order valence-corrected chi connectivity index (χ4v) is 3.10. The van der Waals surface area contributed by atoms with Gasteiger partial charge in [-0.3, -0.25) is 4.79 Å². The van der Waals surface area contributed by atoms with Gasteiger partial charge in [0, 0.05) is 25.6 Å². The first-order chi connectivity index (χ1) is 9.28. The lowest BCUT2D eigenvalue weighted by Gasteiger charge is -2.15. The Morgan fingerprint density at radius 3 is 2.95 bits per heavy atom. The molecule has 0 aromatic carbocycles. The van der Waals surface area contributed by atoms with Gasteiger partial charge in [0.1, 0.15) is 0 Å². The highest BCUT2D eigenvalue weighted by Gasteiger charge is 2.29. The second-order valence-corrected chi connectivity index (χ2v) is 6.05. The van der Waals surface area contributed by atoms with Crippen LogP contribution in [0.25, 0.3) is 0 Å². The molecule has 0 bridgehead atoms. The van der Waals surface area contributed by atoms with Crippen LogP contribution < -0.4 is 0 Å². The molecule has 1 atom stereocenters. The summed E-state index contributed by atoms with van der Waals surface area (Å²) in [5.41, 5.74) is 0. The largest absolute Gasteiger partial charge is 0.396 e. The van der Waals surface area contributed by atoms with Gasteiger partial charge in [-0.2, -0.15) is 0 Å². The van der Waals surface area contributed by atoms with E-state index in [1.165, 1.54) is 11.8 Å². The van der Waals surface area contributed by atoms with Gasteiger partial charge in [-0.1, -0.05) is 11.8 Å². The lowest BCUT2D eigenvalue weighted by Crippen LogP contribution is -2.30. The van der Waals surface area contributed by atoms with E-state index in [0.717, 1.165) is 31.0 Å². The van der Waals surface area contributed by atoms with E-state index >= 15 is 0 Å². The number of aliphatic hydroxyl groups excluding tert-OH is 1. The lowest BCUT2D eigenvalue weighted by atomic mass is 10.1. The maximum atomic E-state index is 12.0. The summed E-state index contributed by atoms with van der Waals surface area (Å²) in [5.74, 6) is 0.711. The van der Waals surface area contributed by atoms with Gasteiger partial charge >= 0.3 is 0 Å². The Morgan fingerprint density at radius 1 is 1.42 bits per heavy atom. The zero-order valence-electron chi connectivity index (χ0n) is 10.6. The number of hydrogen-bond donors (Lipinski definition) is 1. The molecule has 8 heteroatoms. The van der Waals surface area contributed by atoms with E-state index < -0.39 is 0 Å². The van der Waals surface area contributed by atoms with Gasteiger partial charge in [0.25, 0.3) is 0 Å². The van der Waals surface area contributed by atoms with Crippen molar-refractivity contribution in [2.45, 2.75) is 30.5 Å². The molecule has 0 spiro atoms. The number of amides is 1. The zero-order chi connectivity index (χ0) is 13.2. The smallest absolute Gasteiger partial charge is 0.233 e. The number of aromatic nitrogens is 4. The minimum absolute atomic E-state index is 0.103. The van der Waals surface area contributed by atoms with Crippen molar-refractivity contribution >= 4 is 17.7 Å². The number of carbonyl (C=O) groups excluding carboxylic acids is 1. The van der Waals surface area contributed by atoms with Crippen molar-refractivity contribution in [3.63, 3.8) is 0 Å². The van der Waals surface area contributed by atoms with Gasteiger partial charge < -0.3 is 10.0 Å². The summed E-state index contributed by atoms with van der Waals surface area (Å²) < 4.78 is 1.82. The molecule has 1 aromatic rings. The number of carbonyl (C=O) groups is 1. The second kappa shape index (κ2) is 5.46. The van der Waals surface area contributed by atoms with E-state index in [2.05, 4.69) is 15.5 Å². The molecule has 2 fully saturated rings. The number of thioether (sulfide) groups is 1. The predicted molar refractivity (Wildman–Crippen MR) is 68.6 cm³/mol. The molecule has 2 aliphatic rings. The first-order valence-corrected chi connectivity index (χ1v) is 7.56. The number of likely N-dealkylation sites (tertiary alicyclic amines) is 1. The van der Waals surface area contributed by atoms with Gasteiger partial charge in [-0.05, 0) is 29.7 Å². The molecule has 1 saturated heterocycles. The standard InChI is InChI=1S/C11H17N5O2S/c17-6-8-3-4-15(5-8)10(18)7-19-11-12-13-14-16(11)9-1-2-9/h8-9,17H,1-7H2. The molecule has 104 valence electrons. The summed E-state index contributed by atoms with van der Waals surface area (Å²) in [6.45, 7) is 1.58. The maximum absolute atomic E-state index is 12.0. The van der Waals surface area contributed by atoms with Gasteiger partial charge in [0.2, 0.25) is 11.1 Å². The van der Waals surface area contributed by atoms with Crippen LogP contribution in [0, 0.1) is 5.92 Å². The van der Waals surface area contributed by atoms with Crippen molar-refractivity contribution in [2.24, 2.45) is 5.92 Å². The van der Waals surface area contributed by atoms with Crippen molar-refractivity contribution < 1.29 is 9.90 Å². The van der Waals surface area contributed by atoms with Crippen LogP contribution in [0.5, 0.6) is 0 Å². The third kappa shape index (κ3) is 2.89. The number of tetrazole rings is 1. The van der Waals surface area contributed by atoms with Crippen LogP contribution in [0.3, 0.4) is 0 Å². The quantitative estimate of drug-likeness (QED) is 0.762. The summed E-state index contributed by atoms with van der Waals surface area (Å²) in [4.78, 5) is 13.9. The van der Waals surface area contributed by atoms with Crippen molar-refractivity contribution in [3.05, 3.63) is 0 Å². The monoisotopic (exact) mass is 283 g/mol. The summed E-state index contributed by atoms with van der Waals surface area (Å²) in [7, 11) is 0. The van der Waals surface area contributed by atoms with Crippen molar-refractivity contribution in [1.29, 1.82) is 0 Å². The Morgan fingerprint density at radius 2 is 2.26 bits per heavy atom. The van der Waals surface area contributed by atoms with Gasteiger partial charge in [0.15, 0.2) is 0 Å². The van der Waals surface area contributed by atoms with E-state index in [4.69, 9.17) is 5.11 Å². The Hall–Kier alpha value is -1.15. The molecular formula is C11H17N5O2S. The molecule has 19 heavy (non-hydrogen) atoms. The van der Waals surface area contributed by atoms with E-state index in [-0.39, 0.29) is 18.4 Å². The van der Waals surface area contributed by atoms with Crippen LogP contribution >= 0.6 is 11.8 Å². The van der Waals surface area contributed by atoms with E-state index in [1.807, 2.05) is 9.58 Å². The molecule has 1 N–H and O–H groups in total. The number of nitrogens with zero attached hydrogens (tertiary/aromatic N) is 5. The minimum Gasteiger partial charge on any atom is -0.396 e. The van der Waals surface area contributed by atoms with E-state index in [0.29, 0.717) is 18.3 Å². The lowest BCUT2D eigenvalue weighted by molar-refractivity contribution is -0.127. The van der Waals surface area contributed by atoms with Gasteiger partial charge in [0.05, 0.1) is 11.8 Å². The molecular weight excluding hydrogens is 266 g/mol. The second-order valence-electron chi connectivity index (χ2n) is 5.10. The van der Waals surface area contributed by atoms with E-state index in [9.17, 15) is 4.79 Å². The van der Waals surface area contributed by atoms with Crippen LogP contribution in [0.4, 0.5) is 0 Å². The summed E-state index contributed by atoms with van der Waals surface area (Å²) in [6, 6.07) is 0.429. The third-order valence-electron chi connectivity index (χ3n) is 3.58. The number of rotatable bonds is 5. The molecule has 1 aliphatic carbocycles. The highest BCUT2D eigenvalue weighted by atomic mass is 32.2. The molecule has 3 rings (SSSR count). The normalized spacial score (nSPS) is 23.0. The average molecular weight is 283 g/mol. The first kappa shape index (κ1) is 12.9. The fourth-order valence-electron chi connectivity index (χ4n) is 2.25. The third-order valence-corrected chi connectivity index (χ3v) is 4.50. The Labute approximate surface area is 115 Å². The van der Waals surface area contributed by atoms with Crippen LogP contribution in [0.2, 0.25) is 0 Å². The zero-order valence-corrected chi connectivity index (χ0v) is 11.4. The number of aliphatic hydroxyl groups is 1. The topological polar surface area (TPSA) is 84.1 Å². The van der Waals surface area contributed by atoms with Crippen LogP contribution in [0.1, 0.15) is 25.3 Å². The molecule has 7 nitrogen and oxygen atoms in total. The van der Waals surface area contributed by atoms with Crippen LogP contribution in [-0.4, -0.2) is 61.6 Å². The molecule has 1 amide bonds. The van der Waals surface area contributed by atoms with Crippen LogP contribution in [0.15, 0.2) is 5.16 Å². The maximum Gasteiger partial charge on any atom is 0.233 e. The Bertz CT molecular complexity index is 462. The summed E-state index contributed by atoms with van der Waals surface area (Å²) >= 11 is 1.40. The average Bonchev–Trinajstić information content (AvgIpc) is 2.98. The molecule has 1 aliphatic heterocycles. The molecule has 1 unspecified atom stereocenters. The number of hydrogen-bond acceptors (Lipinski definition) is 6. The molecule has 1 aromatic heterocycles. The van der Waals surface area contributed by atoms with Crippen molar-refractivity contribution in [2.75, 3.05) is 25.4 Å². The summed E-state index contributed by atoms with van der Waals surface area (Å²) in [5, 5.41) is 21.4. The fraction of sp³-hybridized carbons (Fsp3) is 0.818. The highest BCUT2D eigenvalue weighted by Crippen LogP contribution is 2.36. The molecule has 1 saturated carbocycles. The van der Waals surface area contributed by atoms with Gasteiger partial charge in [-0.25, -0.2) is 4.68 Å².